The van der Waals surface area contributed by atoms with E-state index in [4.69, 9.17) is 9.15 Å². The van der Waals surface area contributed by atoms with Crippen LogP contribution in [0.5, 0.6) is 5.75 Å². The molecule has 0 fully saturated rings. The minimum atomic E-state index is -0.375. The molecule has 1 aliphatic heterocycles. The number of furan rings is 1. The first-order valence-electron chi connectivity index (χ1n) is 8.59. The Kier molecular flexibility index (Phi) is 5.45. The number of aromatic nitrogens is 1. The topological polar surface area (TPSA) is 93.5 Å². The number of nitrogens with one attached hydrogen (secondary N) is 2. The van der Waals surface area contributed by atoms with Crippen LogP contribution in [0.15, 0.2) is 50.9 Å². The van der Waals surface area contributed by atoms with Gasteiger partial charge in [0.15, 0.2) is 10.9 Å². The quantitative estimate of drug-likeness (QED) is 0.600. The van der Waals surface area contributed by atoms with Crippen LogP contribution in [0.25, 0.3) is 0 Å². The zero-order valence-electron chi connectivity index (χ0n) is 14.6. The van der Waals surface area contributed by atoms with Crippen molar-refractivity contribution in [1.29, 1.82) is 0 Å². The van der Waals surface area contributed by atoms with E-state index in [1.54, 1.807) is 17.5 Å². The Morgan fingerprint density at radius 2 is 2.21 bits per heavy atom. The molecule has 9 heteroatoms. The Labute approximate surface area is 173 Å². The number of anilines is 1. The Hall–Kier alpha value is -2.65. The lowest BCUT2D eigenvalue weighted by Crippen LogP contribution is -2.33. The van der Waals surface area contributed by atoms with Gasteiger partial charge in [-0.1, -0.05) is 15.9 Å². The van der Waals surface area contributed by atoms with Crippen molar-refractivity contribution in [3.63, 3.8) is 0 Å². The van der Waals surface area contributed by atoms with Crippen molar-refractivity contribution in [1.82, 2.24) is 10.3 Å². The summed E-state index contributed by atoms with van der Waals surface area (Å²) in [5, 5.41) is 7.88. The standard InChI is InChI=1S/C19H16BrN3O4S/c20-11-3-4-15-13(8-11)14(5-7-27-15)22-17(24)9-12-10-28-19(21-12)23-18(25)16-2-1-6-26-16/h1-4,6,8,10,14H,5,7,9H2,(H,22,24)(H,21,23,25). The summed E-state index contributed by atoms with van der Waals surface area (Å²) in [6.07, 6.45) is 2.27. The van der Waals surface area contributed by atoms with E-state index < -0.39 is 0 Å². The third kappa shape index (κ3) is 4.26. The third-order valence-electron chi connectivity index (χ3n) is 4.21. The molecule has 3 aromatic rings. The van der Waals surface area contributed by atoms with E-state index in [1.807, 2.05) is 18.2 Å². The molecule has 7 nitrogen and oxygen atoms in total. The molecule has 0 bridgehead atoms. The minimum absolute atomic E-state index is 0.106. The number of nitrogens with zero attached hydrogens (tertiary/aromatic N) is 1. The number of amides is 2. The summed E-state index contributed by atoms with van der Waals surface area (Å²) in [7, 11) is 0. The molecular weight excluding hydrogens is 446 g/mol. The van der Waals surface area contributed by atoms with Crippen LogP contribution in [0, 0.1) is 0 Å². The summed E-state index contributed by atoms with van der Waals surface area (Å²) < 4.78 is 11.6. The van der Waals surface area contributed by atoms with Gasteiger partial charge in [0.1, 0.15) is 5.75 Å². The van der Waals surface area contributed by atoms with Gasteiger partial charge in [-0.05, 0) is 30.3 Å². The lowest BCUT2D eigenvalue weighted by molar-refractivity contribution is -0.121. The molecule has 1 unspecified atom stereocenters. The van der Waals surface area contributed by atoms with Crippen LogP contribution >= 0.6 is 27.3 Å². The monoisotopic (exact) mass is 461 g/mol. The van der Waals surface area contributed by atoms with Gasteiger partial charge in [0, 0.05) is 21.8 Å². The van der Waals surface area contributed by atoms with E-state index in [2.05, 4.69) is 31.5 Å². The number of thiazole rings is 1. The Morgan fingerprint density at radius 3 is 3.04 bits per heavy atom. The Morgan fingerprint density at radius 1 is 1.32 bits per heavy atom. The smallest absolute Gasteiger partial charge is 0.293 e. The molecule has 0 saturated heterocycles. The zero-order valence-corrected chi connectivity index (χ0v) is 17.0. The third-order valence-corrected chi connectivity index (χ3v) is 5.51. The number of benzene rings is 1. The summed E-state index contributed by atoms with van der Waals surface area (Å²) in [5.41, 5.74) is 1.55. The lowest BCUT2D eigenvalue weighted by Gasteiger charge is -2.26. The highest BCUT2D eigenvalue weighted by Crippen LogP contribution is 2.34. The average Bonchev–Trinajstić information content (AvgIpc) is 3.34. The molecule has 3 heterocycles. The second-order valence-electron chi connectivity index (χ2n) is 6.19. The molecule has 0 saturated carbocycles. The molecule has 2 N–H and O–H groups in total. The SMILES string of the molecule is O=C(Cc1csc(NC(=O)c2ccco2)n1)NC1CCOc2ccc(Br)cc21. The van der Waals surface area contributed by atoms with Crippen molar-refractivity contribution >= 4 is 44.2 Å². The van der Waals surface area contributed by atoms with Crippen molar-refractivity contribution in [3.05, 3.63) is 63.5 Å². The highest BCUT2D eigenvalue weighted by Gasteiger charge is 2.23. The molecule has 1 aliphatic rings. The van der Waals surface area contributed by atoms with E-state index in [0.717, 1.165) is 15.8 Å². The van der Waals surface area contributed by atoms with Crippen molar-refractivity contribution in [3.8, 4) is 5.75 Å². The van der Waals surface area contributed by atoms with Crippen LogP contribution in [0.3, 0.4) is 0 Å². The first-order valence-corrected chi connectivity index (χ1v) is 10.3. The summed E-state index contributed by atoms with van der Waals surface area (Å²) in [6.45, 7) is 0.555. The number of ether oxygens (including phenoxy) is 1. The first-order chi connectivity index (χ1) is 13.6. The molecule has 2 amide bonds. The van der Waals surface area contributed by atoms with E-state index in [-0.39, 0.29) is 30.0 Å². The van der Waals surface area contributed by atoms with Crippen molar-refractivity contribution in [2.45, 2.75) is 18.9 Å². The van der Waals surface area contributed by atoms with Gasteiger partial charge in [-0.2, -0.15) is 0 Å². The second-order valence-corrected chi connectivity index (χ2v) is 7.97. The molecule has 28 heavy (non-hydrogen) atoms. The molecule has 0 spiro atoms. The average molecular weight is 462 g/mol. The van der Waals surface area contributed by atoms with Gasteiger partial charge in [-0.3, -0.25) is 14.9 Å². The molecule has 144 valence electrons. The summed E-state index contributed by atoms with van der Waals surface area (Å²) in [4.78, 5) is 28.8. The van der Waals surface area contributed by atoms with Gasteiger partial charge in [-0.15, -0.1) is 11.3 Å². The highest BCUT2D eigenvalue weighted by atomic mass is 79.9. The molecule has 0 aliphatic carbocycles. The fourth-order valence-electron chi connectivity index (χ4n) is 2.94. The first kappa shape index (κ1) is 18.7. The molecule has 4 rings (SSSR count). The van der Waals surface area contributed by atoms with Gasteiger partial charge < -0.3 is 14.5 Å². The number of fused-ring (bicyclic) bond motifs is 1. The number of hydrogen-bond donors (Lipinski definition) is 2. The van der Waals surface area contributed by atoms with E-state index in [1.165, 1.54) is 17.6 Å². The largest absolute Gasteiger partial charge is 0.493 e. The van der Waals surface area contributed by atoms with E-state index >= 15 is 0 Å². The van der Waals surface area contributed by atoms with E-state index in [9.17, 15) is 9.59 Å². The lowest BCUT2D eigenvalue weighted by atomic mass is 10.0. The van der Waals surface area contributed by atoms with Gasteiger partial charge in [0.05, 0.1) is 31.0 Å². The summed E-state index contributed by atoms with van der Waals surface area (Å²) >= 11 is 4.72. The maximum Gasteiger partial charge on any atom is 0.293 e. The summed E-state index contributed by atoms with van der Waals surface area (Å²) in [5.74, 6) is 0.488. The minimum Gasteiger partial charge on any atom is -0.493 e. The predicted molar refractivity (Wildman–Crippen MR) is 108 cm³/mol. The number of carbonyl (C=O) groups excluding carboxylic acids is 2. The van der Waals surface area contributed by atoms with Crippen molar-refractivity contribution in [2.75, 3.05) is 11.9 Å². The van der Waals surface area contributed by atoms with Gasteiger partial charge in [0.25, 0.3) is 5.91 Å². The van der Waals surface area contributed by atoms with Crippen LogP contribution in [0.4, 0.5) is 5.13 Å². The number of carbonyl (C=O) groups is 2. The van der Waals surface area contributed by atoms with Crippen molar-refractivity contribution in [2.24, 2.45) is 0 Å². The maximum atomic E-state index is 12.5. The second kappa shape index (κ2) is 8.15. The zero-order chi connectivity index (χ0) is 19.5. The predicted octanol–water partition coefficient (Wildman–Crippen LogP) is 3.93. The van der Waals surface area contributed by atoms with Crippen LogP contribution in [-0.4, -0.2) is 23.4 Å². The van der Waals surface area contributed by atoms with Crippen LogP contribution in [0.1, 0.15) is 34.3 Å². The van der Waals surface area contributed by atoms with Gasteiger partial charge in [-0.25, -0.2) is 4.98 Å². The van der Waals surface area contributed by atoms with Crippen LogP contribution < -0.4 is 15.4 Å². The number of hydrogen-bond acceptors (Lipinski definition) is 6. The maximum absolute atomic E-state index is 12.5. The number of rotatable bonds is 5. The van der Waals surface area contributed by atoms with Crippen molar-refractivity contribution < 1.29 is 18.7 Å². The van der Waals surface area contributed by atoms with Gasteiger partial charge in [0.2, 0.25) is 5.91 Å². The molecule has 0 radical (unpaired) electrons. The Bertz CT molecular complexity index is 1000. The highest BCUT2D eigenvalue weighted by molar-refractivity contribution is 9.10. The molecular formula is C19H16BrN3O4S. The molecule has 1 atom stereocenters. The summed E-state index contributed by atoms with van der Waals surface area (Å²) in [6, 6.07) is 8.87. The van der Waals surface area contributed by atoms with Crippen LogP contribution in [-0.2, 0) is 11.2 Å². The normalized spacial score (nSPS) is 15.4. The van der Waals surface area contributed by atoms with Gasteiger partial charge >= 0.3 is 0 Å². The fraction of sp³-hybridized carbons (Fsp3) is 0.211. The number of halogens is 1. The fourth-order valence-corrected chi connectivity index (χ4v) is 4.02. The Balaban J connectivity index is 1.37. The van der Waals surface area contributed by atoms with E-state index in [0.29, 0.717) is 23.9 Å². The molecule has 1 aromatic carbocycles. The molecule has 2 aromatic heterocycles. The van der Waals surface area contributed by atoms with Crippen LogP contribution in [0.2, 0.25) is 0 Å².